The smallest absolute Gasteiger partial charge is 0.306 e. The zero-order chi connectivity index (χ0) is 23.7. The van der Waals surface area contributed by atoms with E-state index in [1.165, 1.54) is 4.90 Å². The summed E-state index contributed by atoms with van der Waals surface area (Å²) in [6.07, 6.45) is 0.382. The van der Waals surface area contributed by atoms with Crippen molar-refractivity contribution >= 4 is 28.6 Å². The van der Waals surface area contributed by atoms with Crippen molar-refractivity contribution < 1.29 is 23.5 Å². The lowest BCUT2D eigenvalue weighted by molar-refractivity contribution is -0.145. The Balaban J connectivity index is 1.18. The molecule has 5 rings (SSSR count). The molecule has 0 saturated carbocycles. The molecule has 2 amide bonds. The van der Waals surface area contributed by atoms with Gasteiger partial charge in [-0.25, -0.2) is 4.98 Å². The SMILES string of the molecule is Cc1oc(-c2ccccc2)nc1COC(=O)CCCN1C(=O)c2cccc3cccc(c23)C1=O. The maximum Gasteiger partial charge on any atom is 0.306 e. The second-order valence-electron chi connectivity index (χ2n) is 8.12. The summed E-state index contributed by atoms with van der Waals surface area (Å²) >= 11 is 0. The summed E-state index contributed by atoms with van der Waals surface area (Å²) in [4.78, 5) is 43.8. The van der Waals surface area contributed by atoms with Crippen LogP contribution >= 0.6 is 0 Å². The van der Waals surface area contributed by atoms with Crippen LogP contribution in [0.5, 0.6) is 0 Å². The average molecular weight is 454 g/mol. The highest BCUT2D eigenvalue weighted by Gasteiger charge is 2.32. The van der Waals surface area contributed by atoms with E-state index in [2.05, 4.69) is 4.98 Å². The van der Waals surface area contributed by atoms with Gasteiger partial charge in [0.1, 0.15) is 18.1 Å². The zero-order valence-electron chi connectivity index (χ0n) is 18.6. The highest BCUT2D eigenvalue weighted by molar-refractivity contribution is 6.25. The van der Waals surface area contributed by atoms with Crippen LogP contribution in [0.4, 0.5) is 0 Å². The minimum absolute atomic E-state index is 0.00204. The molecule has 34 heavy (non-hydrogen) atoms. The molecule has 7 nitrogen and oxygen atoms in total. The molecule has 0 saturated heterocycles. The molecular weight excluding hydrogens is 432 g/mol. The van der Waals surface area contributed by atoms with Gasteiger partial charge < -0.3 is 9.15 Å². The Kier molecular flexibility index (Phi) is 5.67. The van der Waals surface area contributed by atoms with Crippen LogP contribution < -0.4 is 0 Å². The second-order valence-corrected chi connectivity index (χ2v) is 8.12. The van der Waals surface area contributed by atoms with Crippen LogP contribution in [0.3, 0.4) is 0 Å². The Morgan fingerprint density at radius 2 is 1.62 bits per heavy atom. The first-order valence-corrected chi connectivity index (χ1v) is 11.1. The number of nitrogens with zero attached hydrogens (tertiary/aromatic N) is 2. The monoisotopic (exact) mass is 454 g/mol. The van der Waals surface area contributed by atoms with Crippen LogP contribution in [-0.2, 0) is 16.1 Å². The molecule has 2 heterocycles. The molecule has 0 unspecified atom stereocenters. The minimum atomic E-state index is -0.428. The van der Waals surface area contributed by atoms with Crippen LogP contribution in [0, 0.1) is 6.92 Å². The van der Waals surface area contributed by atoms with Gasteiger partial charge in [0.15, 0.2) is 0 Å². The molecule has 4 aromatic rings. The Hall–Kier alpha value is -4.26. The van der Waals surface area contributed by atoms with Gasteiger partial charge in [0.25, 0.3) is 11.8 Å². The summed E-state index contributed by atoms with van der Waals surface area (Å²) in [5.41, 5.74) is 2.41. The molecule has 0 radical (unpaired) electrons. The lowest BCUT2D eigenvalue weighted by atomic mass is 9.94. The third-order valence-electron chi connectivity index (χ3n) is 5.90. The number of oxazole rings is 1. The number of esters is 1. The van der Waals surface area contributed by atoms with Crippen LogP contribution in [0.2, 0.25) is 0 Å². The normalized spacial score (nSPS) is 12.9. The fraction of sp³-hybridized carbons (Fsp3) is 0.185. The highest BCUT2D eigenvalue weighted by Crippen LogP contribution is 2.30. The number of carbonyl (C=O) groups is 3. The first kappa shape index (κ1) is 21.6. The first-order chi connectivity index (χ1) is 16.5. The number of benzene rings is 3. The molecule has 0 bridgehead atoms. The van der Waals surface area contributed by atoms with Gasteiger partial charge in [-0.05, 0) is 43.0 Å². The summed E-state index contributed by atoms with van der Waals surface area (Å²) in [5.74, 6) is -0.0442. The van der Waals surface area contributed by atoms with Gasteiger partial charge in [-0.3, -0.25) is 19.3 Å². The average Bonchev–Trinajstić information content (AvgIpc) is 3.24. The van der Waals surface area contributed by atoms with Gasteiger partial charge in [-0.2, -0.15) is 0 Å². The number of ether oxygens (including phenoxy) is 1. The Morgan fingerprint density at radius 3 is 2.29 bits per heavy atom. The number of aromatic nitrogens is 1. The second kappa shape index (κ2) is 8.94. The highest BCUT2D eigenvalue weighted by atomic mass is 16.5. The van der Waals surface area contributed by atoms with E-state index in [1.54, 1.807) is 31.2 Å². The molecule has 0 fully saturated rings. The van der Waals surface area contributed by atoms with Gasteiger partial charge in [-0.15, -0.1) is 0 Å². The predicted molar refractivity (Wildman–Crippen MR) is 125 cm³/mol. The van der Waals surface area contributed by atoms with E-state index in [-0.39, 0.29) is 31.4 Å². The molecule has 1 aromatic heterocycles. The molecular formula is C27H22N2O5. The number of amides is 2. The molecule has 1 aliphatic rings. The van der Waals surface area contributed by atoms with Gasteiger partial charge in [-0.1, -0.05) is 42.5 Å². The minimum Gasteiger partial charge on any atom is -0.459 e. The van der Waals surface area contributed by atoms with E-state index in [0.717, 1.165) is 10.9 Å². The molecule has 7 heteroatoms. The number of carbonyl (C=O) groups excluding carboxylic acids is 3. The summed E-state index contributed by atoms with van der Waals surface area (Å²) in [5, 5.41) is 1.55. The van der Waals surface area contributed by atoms with E-state index in [4.69, 9.17) is 9.15 Å². The van der Waals surface area contributed by atoms with Crippen LogP contribution in [-0.4, -0.2) is 34.2 Å². The quantitative estimate of drug-likeness (QED) is 0.291. The standard InChI is InChI=1S/C27H22N2O5/c1-17-22(28-25(34-17)19-8-3-2-4-9-19)16-33-23(30)14-7-15-29-26(31)20-12-5-10-18-11-6-13-21(24(18)20)27(29)32/h2-6,8-13H,7,14-16H2,1H3. The fourth-order valence-electron chi connectivity index (χ4n) is 4.15. The van der Waals surface area contributed by atoms with Gasteiger partial charge in [0, 0.05) is 35.0 Å². The Labute approximate surface area is 196 Å². The molecule has 0 N–H and O–H groups in total. The number of aryl methyl sites for hydroxylation is 1. The maximum atomic E-state index is 12.9. The van der Waals surface area contributed by atoms with Crippen molar-refractivity contribution in [3.05, 3.63) is 89.3 Å². The summed E-state index contributed by atoms with van der Waals surface area (Å²) in [7, 11) is 0. The topological polar surface area (TPSA) is 89.7 Å². The summed E-state index contributed by atoms with van der Waals surface area (Å²) in [6, 6.07) is 20.3. The van der Waals surface area contributed by atoms with Crippen molar-refractivity contribution in [2.45, 2.75) is 26.4 Å². The lowest BCUT2D eigenvalue weighted by Gasteiger charge is -2.27. The number of hydrogen-bond acceptors (Lipinski definition) is 6. The van der Waals surface area contributed by atoms with Gasteiger partial charge in [0.2, 0.25) is 5.89 Å². The van der Waals surface area contributed by atoms with E-state index < -0.39 is 5.97 Å². The van der Waals surface area contributed by atoms with Crippen LogP contribution in [0.25, 0.3) is 22.2 Å². The molecule has 3 aromatic carbocycles. The predicted octanol–water partition coefficient (Wildman–Crippen LogP) is 4.92. The van der Waals surface area contributed by atoms with Gasteiger partial charge in [0.05, 0.1) is 0 Å². The van der Waals surface area contributed by atoms with Crippen LogP contribution in [0.1, 0.15) is 45.0 Å². The maximum absolute atomic E-state index is 12.9. The number of imide groups is 1. The van der Waals surface area contributed by atoms with Gasteiger partial charge >= 0.3 is 5.97 Å². The Bertz CT molecular complexity index is 1360. The van der Waals surface area contributed by atoms with Crippen molar-refractivity contribution in [3.63, 3.8) is 0 Å². The van der Waals surface area contributed by atoms with Crippen molar-refractivity contribution in [3.8, 4) is 11.5 Å². The first-order valence-electron chi connectivity index (χ1n) is 11.1. The number of rotatable bonds is 7. The van der Waals surface area contributed by atoms with Crippen molar-refractivity contribution in [2.24, 2.45) is 0 Å². The Morgan fingerprint density at radius 1 is 0.941 bits per heavy atom. The van der Waals surface area contributed by atoms with Crippen molar-refractivity contribution in [2.75, 3.05) is 6.54 Å². The van der Waals surface area contributed by atoms with E-state index in [1.807, 2.05) is 42.5 Å². The summed E-state index contributed by atoms with van der Waals surface area (Å²) in [6.45, 7) is 1.91. The zero-order valence-corrected chi connectivity index (χ0v) is 18.6. The van der Waals surface area contributed by atoms with Crippen molar-refractivity contribution in [1.29, 1.82) is 0 Å². The molecule has 0 atom stereocenters. The number of hydrogen-bond donors (Lipinski definition) is 0. The van der Waals surface area contributed by atoms with E-state index in [0.29, 0.717) is 40.3 Å². The third kappa shape index (κ3) is 3.96. The third-order valence-corrected chi connectivity index (χ3v) is 5.90. The summed E-state index contributed by atoms with van der Waals surface area (Å²) < 4.78 is 11.0. The molecule has 170 valence electrons. The van der Waals surface area contributed by atoms with Crippen molar-refractivity contribution in [1.82, 2.24) is 9.88 Å². The molecule has 0 aliphatic carbocycles. The molecule has 0 spiro atoms. The fourth-order valence-corrected chi connectivity index (χ4v) is 4.15. The largest absolute Gasteiger partial charge is 0.459 e. The lowest BCUT2D eigenvalue weighted by Crippen LogP contribution is -2.41. The van der Waals surface area contributed by atoms with E-state index >= 15 is 0 Å². The van der Waals surface area contributed by atoms with E-state index in [9.17, 15) is 14.4 Å². The van der Waals surface area contributed by atoms with Crippen LogP contribution in [0.15, 0.2) is 71.1 Å². The molecule has 1 aliphatic heterocycles.